The predicted molar refractivity (Wildman–Crippen MR) is 85.6 cm³/mol. The van der Waals surface area contributed by atoms with Gasteiger partial charge in [0, 0.05) is 17.9 Å². The normalized spacial score (nSPS) is 18.2. The molecule has 1 unspecified atom stereocenters. The predicted octanol–water partition coefficient (Wildman–Crippen LogP) is 2.90. The summed E-state index contributed by atoms with van der Waals surface area (Å²) in [6.07, 6.45) is 1.10. The molecule has 0 radical (unpaired) electrons. The molecule has 1 atom stereocenters. The number of aromatic nitrogens is 2. The van der Waals surface area contributed by atoms with Crippen LogP contribution in [-0.4, -0.2) is 45.0 Å². The molecular weight excluding hydrogens is 308 g/mol. The van der Waals surface area contributed by atoms with E-state index in [2.05, 4.69) is 9.55 Å². The maximum atomic E-state index is 10.8. The number of ether oxygens (including phenoxy) is 1. The van der Waals surface area contributed by atoms with E-state index in [1.807, 2.05) is 30.0 Å². The van der Waals surface area contributed by atoms with Crippen LogP contribution in [0.1, 0.15) is 12.5 Å². The Kier molecular flexibility index (Phi) is 4.30. The summed E-state index contributed by atoms with van der Waals surface area (Å²) in [6.45, 7) is 0. The van der Waals surface area contributed by atoms with E-state index in [0.29, 0.717) is 6.04 Å². The van der Waals surface area contributed by atoms with Gasteiger partial charge in [0.15, 0.2) is 5.16 Å². The lowest BCUT2D eigenvalue weighted by molar-refractivity contribution is -0.133. The second-order valence-corrected chi connectivity index (χ2v) is 6.91. The number of nitrogens with zero attached hydrogens (tertiary/aromatic N) is 2. The highest BCUT2D eigenvalue weighted by molar-refractivity contribution is 8.00. The molecule has 7 heteroatoms. The van der Waals surface area contributed by atoms with Gasteiger partial charge in [-0.15, -0.1) is 0 Å². The van der Waals surface area contributed by atoms with Crippen molar-refractivity contribution in [2.45, 2.75) is 17.6 Å². The Morgan fingerprint density at radius 3 is 3.14 bits per heavy atom. The molecule has 2 aromatic rings. The van der Waals surface area contributed by atoms with Gasteiger partial charge in [-0.25, -0.2) is 4.98 Å². The standard InChI is InChI=1S/C14H16N2O3S2/c1-19-10-2-3-12-11(6-10)15-14(21-8-13(17)18)16(12)9-4-5-20-7-9/h2-3,6,9H,4-5,7-8H2,1H3,(H,17,18). The average molecular weight is 324 g/mol. The molecule has 21 heavy (non-hydrogen) atoms. The number of hydrogen-bond acceptors (Lipinski definition) is 5. The van der Waals surface area contributed by atoms with E-state index in [0.717, 1.165) is 39.9 Å². The molecule has 0 bridgehead atoms. The number of carboxylic acids is 1. The summed E-state index contributed by atoms with van der Waals surface area (Å²) in [5.74, 6) is 2.17. The third-order valence-corrected chi connectivity index (χ3v) is 5.54. The summed E-state index contributed by atoms with van der Waals surface area (Å²) in [5.41, 5.74) is 1.91. The molecule has 1 saturated heterocycles. The molecule has 1 fully saturated rings. The van der Waals surface area contributed by atoms with Gasteiger partial charge in [-0.2, -0.15) is 11.8 Å². The number of rotatable bonds is 5. The van der Waals surface area contributed by atoms with Crippen LogP contribution in [0.4, 0.5) is 0 Å². The maximum Gasteiger partial charge on any atom is 0.313 e. The van der Waals surface area contributed by atoms with Gasteiger partial charge < -0.3 is 14.4 Å². The zero-order valence-electron chi connectivity index (χ0n) is 11.6. The first-order chi connectivity index (χ1) is 10.2. The van der Waals surface area contributed by atoms with Crippen molar-refractivity contribution >= 4 is 40.5 Å². The lowest BCUT2D eigenvalue weighted by Gasteiger charge is -2.15. The summed E-state index contributed by atoms with van der Waals surface area (Å²) < 4.78 is 7.44. The summed E-state index contributed by atoms with van der Waals surface area (Å²) >= 11 is 3.21. The Morgan fingerprint density at radius 1 is 1.62 bits per heavy atom. The van der Waals surface area contributed by atoms with Crippen molar-refractivity contribution in [3.8, 4) is 5.75 Å². The van der Waals surface area contributed by atoms with E-state index < -0.39 is 5.97 Å². The third-order valence-electron chi connectivity index (χ3n) is 3.46. The van der Waals surface area contributed by atoms with Crippen LogP contribution in [0.3, 0.4) is 0 Å². The lowest BCUT2D eigenvalue weighted by atomic mass is 10.2. The molecule has 1 aliphatic rings. The minimum atomic E-state index is -0.822. The van der Waals surface area contributed by atoms with E-state index in [1.54, 1.807) is 7.11 Å². The van der Waals surface area contributed by atoms with Crippen molar-refractivity contribution in [2.24, 2.45) is 0 Å². The fraction of sp³-hybridized carbons (Fsp3) is 0.429. The van der Waals surface area contributed by atoms with E-state index in [1.165, 1.54) is 11.8 Å². The molecule has 0 spiro atoms. The smallest absolute Gasteiger partial charge is 0.313 e. The third kappa shape index (κ3) is 2.98. The fourth-order valence-corrected chi connectivity index (χ4v) is 4.49. The summed E-state index contributed by atoms with van der Waals surface area (Å²) in [5, 5.41) is 9.69. The molecule has 0 aliphatic carbocycles. The van der Waals surface area contributed by atoms with Gasteiger partial charge in [0.05, 0.1) is 23.9 Å². The van der Waals surface area contributed by atoms with Crippen LogP contribution in [0.15, 0.2) is 23.4 Å². The van der Waals surface area contributed by atoms with Crippen molar-refractivity contribution in [3.05, 3.63) is 18.2 Å². The topological polar surface area (TPSA) is 64.3 Å². The number of carbonyl (C=O) groups is 1. The summed E-state index contributed by atoms with van der Waals surface area (Å²) in [4.78, 5) is 15.5. The van der Waals surface area contributed by atoms with Crippen molar-refractivity contribution in [1.82, 2.24) is 9.55 Å². The second kappa shape index (κ2) is 6.19. The Hall–Kier alpha value is -1.34. The molecule has 1 aromatic heterocycles. The number of carboxylic acid groups (broad SMARTS) is 1. The van der Waals surface area contributed by atoms with Crippen LogP contribution in [-0.2, 0) is 4.79 Å². The number of fused-ring (bicyclic) bond motifs is 1. The molecule has 112 valence electrons. The molecule has 0 saturated carbocycles. The van der Waals surface area contributed by atoms with Crippen LogP contribution in [0.2, 0.25) is 0 Å². The average Bonchev–Trinajstić information content (AvgIpc) is 3.10. The second-order valence-electron chi connectivity index (χ2n) is 4.82. The zero-order valence-corrected chi connectivity index (χ0v) is 13.2. The number of hydrogen-bond donors (Lipinski definition) is 1. The van der Waals surface area contributed by atoms with Crippen molar-refractivity contribution in [1.29, 1.82) is 0 Å². The van der Waals surface area contributed by atoms with Crippen molar-refractivity contribution < 1.29 is 14.6 Å². The van der Waals surface area contributed by atoms with Crippen LogP contribution in [0, 0.1) is 0 Å². The Labute approximate surface area is 131 Å². The zero-order chi connectivity index (χ0) is 14.8. The van der Waals surface area contributed by atoms with Gasteiger partial charge >= 0.3 is 5.97 Å². The van der Waals surface area contributed by atoms with Crippen LogP contribution in [0.5, 0.6) is 5.75 Å². The Balaban J connectivity index is 2.05. The SMILES string of the molecule is COc1ccc2c(c1)nc(SCC(=O)O)n2C1CCSC1. The first-order valence-corrected chi connectivity index (χ1v) is 8.81. The Morgan fingerprint density at radius 2 is 2.48 bits per heavy atom. The molecule has 2 heterocycles. The lowest BCUT2D eigenvalue weighted by Crippen LogP contribution is -2.10. The van der Waals surface area contributed by atoms with Crippen LogP contribution in [0.25, 0.3) is 11.0 Å². The van der Waals surface area contributed by atoms with Crippen molar-refractivity contribution in [2.75, 3.05) is 24.4 Å². The van der Waals surface area contributed by atoms with Gasteiger partial charge in [-0.3, -0.25) is 4.79 Å². The highest BCUT2D eigenvalue weighted by Gasteiger charge is 2.23. The highest BCUT2D eigenvalue weighted by atomic mass is 32.2. The van der Waals surface area contributed by atoms with Gasteiger partial charge in [0.2, 0.25) is 0 Å². The monoisotopic (exact) mass is 324 g/mol. The van der Waals surface area contributed by atoms with Crippen molar-refractivity contribution in [3.63, 3.8) is 0 Å². The number of imidazole rings is 1. The number of aliphatic carboxylic acids is 1. The molecule has 1 aliphatic heterocycles. The number of methoxy groups -OCH3 is 1. The van der Waals surface area contributed by atoms with Gasteiger partial charge in [-0.05, 0) is 24.3 Å². The Bertz CT molecular complexity index is 666. The summed E-state index contributed by atoms with van der Waals surface area (Å²) in [6, 6.07) is 6.23. The quantitative estimate of drug-likeness (QED) is 0.853. The minimum Gasteiger partial charge on any atom is -0.497 e. The maximum absolute atomic E-state index is 10.8. The molecule has 1 N–H and O–H groups in total. The largest absolute Gasteiger partial charge is 0.497 e. The summed E-state index contributed by atoms with van der Waals surface area (Å²) in [7, 11) is 1.63. The van der Waals surface area contributed by atoms with E-state index in [-0.39, 0.29) is 5.75 Å². The van der Waals surface area contributed by atoms with E-state index in [4.69, 9.17) is 9.84 Å². The molecule has 0 amide bonds. The van der Waals surface area contributed by atoms with E-state index >= 15 is 0 Å². The van der Waals surface area contributed by atoms with Crippen LogP contribution < -0.4 is 4.74 Å². The molecule has 3 rings (SSSR count). The van der Waals surface area contributed by atoms with Gasteiger partial charge in [0.25, 0.3) is 0 Å². The molecule has 1 aromatic carbocycles. The minimum absolute atomic E-state index is 0.0281. The van der Waals surface area contributed by atoms with Gasteiger partial charge in [-0.1, -0.05) is 11.8 Å². The number of benzene rings is 1. The molecule has 5 nitrogen and oxygen atoms in total. The van der Waals surface area contributed by atoms with Crippen LogP contribution >= 0.6 is 23.5 Å². The number of thioether (sulfide) groups is 2. The first-order valence-electron chi connectivity index (χ1n) is 6.67. The first kappa shape index (κ1) is 14.6. The molecular formula is C14H16N2O3S2. The van der Waals surface area contributed by atoms with Gasteiger partial charge in [0.1, 0.15) is 5.75 Å². The highest BCUT2D eigenvalue weighted by Crippen LogP contribution is 2.36. The fourth-order valence-electron chi connectivity index (χ4n) is 2.49. The van der Waals surface area contributed by atoms with E-state index in [9.17, 15) is 4.79 Å².